The monoisotopic (exact) mass is 489 g/mol. The van der Waals surface area contributed by atoms with Crippen LogP contribution in [0.3, 0.4) is 0 Å². The second kappa shape index (κ2) is 11.6. The molecule has 2 aromatic rings. The van der Waals surface area contributed by atoms with Crippen molar-refractivity contribution < 1.29 is 27.8 Å². The fourth-order valence-corrected chi connectivity index (χ4v) is 4.23. The van der Waals surface area contributed by atoms with Crippen molar-refractivity contribution >= 4 is 17.5 Å². The Bertz CT molecular complexity index is 1060. The van der Waals surface area contributed by atoms with Gasteiger partial charge >= 0.3 is 0 Å². The van der Waals surface area contributed by atoms with Gasteiger partial charge in [-0.3, -0.25) is 14.5 Å². The number of halogens is 2. The quantitative estimate of drug-likeness (QED) is 0.705. The van der Waals surface area contributed by atoms with Crippen LogP contribution in [-0.4, -0.2) is 67.6 Å². The Balaban J connectivity index is 1.97. The minimum atomic E-state index is -0.498. The Morgan fingerprint density at radius 1 is 1.17 bits per heavy atom. The average Bonchev–Trinajstić information content (AvgIpc) is 2.81. The van der Waals surface area contributed by atoms with Gasteiger partial charge in [0, 0.05) is 64.1 Å². The van der Waals surface area contributed by atoms with Gasteiger partial charge in [-0.1, -0.05) is 6.92 Å². The third-order valence-corrected chi connectivity index (χ3v) is 6.28. The van der Waals surface area contributed by atoms with E-state index >= 15 is 0 Å². The molecular weight excluding hydrogens is 456 g/mol. The van der Waals surface area contributed by atoms with E-state index in [2.05, 4.69) is 5.32 Å². The van der Waals surface area contributed by atoms with Crippen molar-refractivity contribution in [3.05, 3.63) is 59.2 Å². The first kappa shape index (κ1) is 26.6. The van der Waals surface area contributed by atoms with Gasteiger partial charge in [0.1, 0.15) is 24.0 Å². The number of rotatable bonds is 4. The summed E-state index contributed by atoms with van der Waals surface area (Å²) in [6.07, 6.45) is -0.279. The van der Waals surface area contributed by atoms with Crippen LogP contribution in [0.15, 0.2) is 36.4 Å². The topological polar surface area (TPSA) is 71.1 Å². The highest BCUT2D eigenvalue weighted by molar-refractivity contribution is 5.98. The van der Waals surface area contributed by atoms with Crippen molar-refractivity contribution in [1.29, 1.82) is 0 Å². The largest absolute Gasteiger partial charge is 0.491 e. The summed E-state index contributed by atoms with van der Waals surface area (Å²) in [4.78, 5) is 28.3. The predicted octanol–water partition coefficient (Wildman–Crippen LogP) is 3.93. The van der Waals surface area contributed by atoms with Crippen molar-refractivity contribution in [3.8, 4) is 5.75 Å². The van der Waals surface area contributed by atoms with E-state index < -0.39 is 11.6 Å². The number of carbonyl (C=O) groups is 2. The van der Waals surface area contributed by atoms with E-state index in [1.54, 1.807) is 37.3 Å². The number of carbonyl (C=O) groups excluding carboxylic acids is 2. The molecule has 1 aliphatic heterocycles. The Morgan fingerprint density at radius 3 is 2.60 bits per heavy atom. The van der Waals surface area contributed by atoms with Crippen LogP contribution >= 0.6 is 0 Å². The van der Waals surface area contributed by atoms with E-state index in [0.717, 1.165) is 12.1 Å². The van der Waals surface area contributed by atoms with Gasteiger partial charge in [-0.2, -0.15) is 0 Å². The molecule has 7 nitrogen and oxygen atoms in total. The van der Waals surface area contributed by atoms with E-state index in [-0.39, 0.29) is 48.6 Å². The number of amides is 2. The van der Waals surface area contributed by atoms with E-state index in [0.29, 0.717) is 30.1 Å². The van der Waals surface area contributed by atoms with Crippen LogP contribution in [-0.2, 0) is 16.1 Å². The first-order chi connectivity index (χ1) is 16.6. The molecule has 190 valence electrons. The molecule has 1 N–H and O–H groups in total. The lowest BCUT2D eigenvalue weighted by atomic mass is 10.0. The lowest BCUT2D eigenvalue weighted by molar-refractivity contribution is -0.114. The zero-order chi connectivity index (χ0) is 25.7. The fraction of sp³-hybridized carbons (Fsp3) is 0.462. The number of methoxy groups -OCH3 is 1. The van der Waals surface area contributed by atoms with Crippen molar-refractivity contribution in [2.24, 2.45) is 5.92 Å². The minimum absolute atomic E-state index is 0.0182. The molecule has 0 saturated heterocycles. The number of benzene rings is 2. The van der Waals surface area contributed by atoms with Gasteiger partial charge in [0.05, 0.1) is 11.7 Å². The highest BCUT2D eigenvalue weighted by Crippen LogP contribution is 2.27. The Hall–Kier alpha value is -3.04. The zero-order valence-electron chi connectivity index (χ0n) is 20.8. The maximum atomic E-state index is 14.4. The van der Waals surface area contributed by atoms with Crippen molar-refractivity contribution in [2.45, 2.75) is 39.5 Å². The fourth-order valence-electron chi connectivity index (χ4n) is 4.23. The molecule has 1 aliphatic rings. The predicted molar refractivity (Wildman–Crippen MR) is 129 cm³/mol. The molecule has 35 heavy (non-hydrogen) atoms. The lowest BCUT2D eigenvalue weighted by Crippen LogP contribution is -2.46. The molecule has 0 aliphatic carbocycles. The number of hydrogen-bond donors (Lipinski definition) is 1. The first-order valence-corrected chi connectivity index (χ1v) is 11.6. The summed E-state index contributed by atoms with van der Waals surface area (Å²) >= 11 is 0. The number of fused-ring (bicyclic) bond motifs is 1. The molecule has 2 aromatic carbocycles. The molecule has 1 heterocycles. The van der Waals surface area contributed by atoms with Crippen LogP contribution < -0.4 is 10.1 Å². The molecule has 0 unspecified atom stereocenters. The van der Waals surface area contributed by atoms with Gasteiger partial charge in [0.25, 0.3) is 5.91 Å². The third-order valence-electron chi connectivity index (χ3n) is 6.28. The van der Waals surface area contributed by atoms with Gasteiger partial charge in [-0.15, -0.1) is 0 Å². The van der Waals surface area contributed by atoms with Gasteiger partial charge in [-0.25, -0.2) is 8.78 Å². The number of anilines is 1. The van der Waals surface area contributed by atoms with Crippen LogP contribution in [0.25, 0.3) is 0 Å². The van der Waals surface area contributed by atoms with Crippen molar-refractivity contribution in [3.63, 3.8) is 0 Å². The van der Waals surface area contributed by atoms with Crippen LogP contribution in [0.4, 0.5) is 14.5 Å². The molecule has 0 fully saturated rings. The average molecular weight is 490 g/mol. The molecule has 0 bridgehead atoms. The van der Waals surface area contributed by atoms with Crippen molar-refractivity contribution in [1.82, 2.24) is 9.80 Å². The number of likely N-dealkylation sites (N-methyl/N-ethyl adjacent to an activating group) is 1. The summed E-state index contributed by atoms with van der Waals surface area (Å²) in [5, 5.41) is 2.70. The van der Waals surface area contributed by atoms with E-state index in [1.165, 1.54) is 13.0 Å². The number of nitrogens with one attached hydrogen (secondary N) is 1. The smallest absolute Gasteiger partial charge is 0.257 e. The van der Waals surface area contributed by atoms with Gasteiger partial charge in [-0.05, 0) is 43.2 Å². The number of nitrogens with zero attached hydrogens (tertiary/aromatic N) is 2. The number of hydrogen-bond acceptors (Lipinski definition) is 5. The first-order valence-electron chi connectivity index (χ1n) is 11.6. The van der Waals surface area contributed by atoms with Gasteiger partial charge < -0.3 is 19.7 Å². The highest BCUT2D eigenvalue weighted by atomic mass is 19.1. The zero-order valence-corrected chi connectivity index (χ0v) is 20.8. The van der Waals surface area contributed by atoms with Crippen LogP contribution in [0.5, 0.6) is 5.75 Å². The standard InChI is InChI=1S/C26H33F2N3O4/c1-16-12-31(13-19-10-20(27)6-9-23(19)28)17(2)15-35-24-11-21(29-18(3)32)7-8-22(24)26(33)30(4)14-25(16)34-5/h6-11,16-17,25H,12-15H2,1-5H3,(H,29,32)/t16-,17+,25-/m1/s1. The minimum Gasteiger partial charge on any atom is -0.491 e. The highest BCUT2D eigenvalue weighted by Gasteiger charge is 2.29. The molecule has 0 aromatic heterocycles. The Labute approximate surface area is 205 Å². The van der Waals surface area contributed by atoms with Crippen LogP contribution in [0, 0.1) is 17.6 Å². The molecule has 9 heteroatoms. The SMILES string of the molecule is CO[C@@H]1CN(C)C(=O)c2ccc(NC(C)=O)cc2OC[C@H](C)N(Cc2cc(F)ccc2F)C[C@H]1C. The van der Waals surface area contributed by atoms with E-state index in [1.807, 2.05) is 18.7 Å². The summed E-state index contributed by atoms with van der Waals surface area (Å²) in [5.74, 6) is -1.13. The molecule has 0 saturated carbocycles. The van der Waals surface area contributed by atoms with Crippen LogP contribution in [0.2, 0.25) is 0 Å². The molecular formula is C26H33F2N3O4. The number of ether oxygens (including phenoxy) is 2. The van der Waals surface area contributed by atoms with Gasteiger partial charge in [0.2, 0.25) is 5.91 Å². The van der Waals surface area contributed by atoms with Gasteiger partial charge in [0.15, 0.2) is 0 Å². The normalized spacial score (nSPS) is 22.0. The summed E-state index contributed by atoms with van der Waals surface area (Å²) in [7, 11) is 3.29. The second-order valence-corrected chi connectivity index (χ2v) is 9.15. The maximum Gasteiger partial charge on any atom is 0.257 e. The molecule has 0 spiro atoms. The third kappa shape index (κ3) is 6.76. The molecule has 2 amide bonds. The Morgan fingerprint density at radius 2 is 1.91 bits per heavy atom. The molecule has 3 rings (SSSR count). The summed E-state index contributed by atoms with van der Waals surface area (Å²) < 4.78 is 40.1. The lowest BCUT2D eigenvalue weighted by Gasteiger charge is -2.36. The van der Waals surface area contributed by atoms with E-state index in [4.69, 9.17) is 9.47 Å². The second-order valence-electron chi connectivity index (χ2n) is 9.15. The van der Waals surface area contributed by atoms with E-state index in [9.17, 15) is 18.4 Å². The maximum absolute atomic E-state index is 14.4. The summed E-state index contributed by atoms with van der Waals surface area (Å²) in [6.45, 7) is 6.56. The summed E-state index contributed by atoms with van der Waals surface area (Å²) in [5.41, 5.74) is 1.12. The summed E-state index contributed by atoms with van der Waals surface area (Å²) in [6, 6.07) is 8.13. The van der Waals surface area contributed by atoms with Crippen molar-refractivity contribution in [2.75, 3.05) is 39.2 Å². The molecule has 3 atom stereocenters. The van der Waals surface area contributed by atoms with Crippen LogP contribution in [0.1, 0.15) is 36.7 Å². The molecule has 0 radical (unpaired) electrons. The Kier molecular flexibility index (Phi) is 8.80.